The van der Waals surface area contributed by atoms with Crippen LogP contribution < -0.4 is 5.32 Å². The Labute approximate surface area is 118 Å². The van der Waals surface area contributed by atoms with Gasteiger partial charge in [0.05, 0.1) is 5.56 Å². The number of hydrogen-bond acceptors (Lipinski definition) is 5. The molecule has 0 bridgehead atoms. The van der Waals surface area contributed by atoms with Crippen molar-refractivity contribution >= 4 is 33.8 Å². The molecule has 2 heterocycles. The molecular formula is C11H12ClN5OS. The molecule has 0 aromatic carbocycles. The van der Waals surface area contributed by atoms with E-state index in [9.17, 15) is 4.79 Å². The molecule has 0 atom stereocenters. The average Bonchev–Trinajstić information content (AvgIpc) is 3.04. The Balaban J connectivity index is 2.07. The fourth-order valence-corrected chi connectivity index (χ4v) is 3.69. The Bertz CT molecular complexity index is 595. The second-order valence-corrected chi connectivity index (χ2v) is 5.70. The van der Waals surface area contributed by atoms with Gasteiger partial charge in [0.15, 0.2) is 0 Å². The average molecular weight is 298 g/mol. The van der Waals surface area contributed by atoms with E-state index in [0.717, 1.165) is 29.8 Å². The summed E-state index contributed by atoms with van der Waals surface area (Å²) >= 11 is 7.14. The number of aryl methyl sites for hydroxylation is 1. The van der Waals surface area contributed by atoms with E-state index in [1.54, 1.807) is 11.3 Å². The molecule has 3 rings (SSSR count). The number of halogens is 1. The topological polar surface area (TPSA) is 83.6 Å². The number of nitrogens with zero attached hydrogens (tertiary/aromatic N) is 3. The summed E-state index contributed by atoms with van der Waals surface area (Å²) in [5, 5.41) is 17.7. The van der Waals surface area contributed by atoms with Crippen molar-refractivity contribution in [3.8, 4) is 11.4 Å². The predicted molar refractivity (Wildman–Crippen MR) is 73.5 cm³/mol. The highest BCUT2D eigenvalue weighted by Gasteiger charge is 2.24. The molecule has 1 aliphatic carbocycles. The number of tetrazole rings is 1. The van der Waals surface area contributed by atoms with Gasteiger partial charge in [-0.1, -0.05) is 0 Å². The molecule has 1 amide bonds. The minimum absolute atomic E-state index is 0.0613. The summed E-state index contributed by atoms with van der Waals surface area (Å²) < 4.78 is 0. The first kappa shape index (κ1) is 12.6. The lowest BCUT2D eigenvalue weighted by atomic mass is 9.95. The number of aromatic amines is 1. The maximum Gasteiger partial charge on any atom is 0.239 e. The minimum Gasteiger partial charge on any atom is -0.316 e. The highest BCUT2D eigenvalue weighted by molar-refractivity contribution is 7.17. The number of aromatic nitrogens is 4. The van der Waals surface area contributed by atoms with Crippen molar-refractivity contribution in [1.82, 2.24) is 20.6 Å². The molecular weight excluding hydrogens is 286 g/mol. The quantitative estimate of drug-likeness (QED) is 0.849. The van der Waals surface area contributed by atoms with Crippen LogP contribution in [0.1, 0.15) is 23.3 Å². The second kappa shape index (κ2) is 5.26. The molecule has 19 heavy (non-hydrogen) atoms. The van der Waals surface area contributed by atoms with E-state index in [4.69, 9.17) is 11.6 Å². The molecule has 2 N–H and O–H groups in total. The van der Waals surface area contributed by atoms with Crippen LogP contribution in [-0.2, 0) is 17.6 Å². The largest absolute Gasteiger partial charge is 0.316 e. The van der Waals surface area contributed by atoms with Gasteiger partial charge in [0.2, 0.25) is 11.7 Å². The minimum atomic E-state index is -0.218. The van der Waals surface area contributed by atoms with Crippen molar-refractivity contribution in [3.63, 3.8) is 0 Å². The Hall–Kier alpha value is -1.47. The smallest absolute Gasteiger partial charge is 0.239 e. The number of anilines is 1. The Morgan fingerprint density at radius 3 is 3.00 bits per heavy atom. The van der Waals surface area contributed by atoms with Crippen LogP contribution in [0.15, 0.2) is 0 Å². The van der Waals surface area contributed by atoms with Crippen molar-refractivity contribution < 1.29 is 4.79 Å². The molecule has 0 saturated carbocycles. The molecule has 0 unspecified atom stereocenters. The number of amides is 1. The van der Waals surface area contributed by atoms with Crippen molar-refractivity contribution in [2.24, 2.45) is 0 Å². The van der Waals surface area contributed by atoms with Crippen molar-refractivity contribution in [2.75, 3.05) is 11.2 Å². The van der Waals surface area contributed by atoms with Crippen molar-refractivity contribution in [1.29, 1.82) is 0 Å². The van der Waals surface area contributed by atoms with Crippen LogP contribution >= 0.6 is 22.9 Å². The first-order valence-electron chi connectivity index (χ1n) is 6.03. The summed E-state index contributed by atoms with van der Waals surface area (Å²) in [6.07, 6.45) is 4.37. The van der Waals surface area contributed by atoms with E-state index in [1.807, 2.05) is 0 Å². The molecule has 0 fully saturated rings. The summed E-state index contributed by atoms with van der Waals surface area (Å²) in [4.78, 5) is 12.8. The molecule has 1 aliphatic rings. The van der Waals surface area contributed by atoms with Gasteiger partial charge in [-0.25, -0.2) is 0 Å². The maximum absolute atomic E-state index is 11.5. The van der Waals surface area contributed by atoms with Gasteiger partial charge in [0.1, 0.15) is 10.9 Å². The third kappa shape index (κ3) is 2.35. The molecule has 0 radical (unpaired) electrons. The van der Waals surface area contributed by atoms with Crippen LogP contribution in [0.2, 0.25) is 0 Å². The zero-order chi connectivity index (χ0) is 13.2. The van der Waals surface area contributed by atoms with Gasteiger partial charge in [0, 0.05) is 4.88 Å². The number of hydrogen-bond donors (Lipinski definition) is 2. The summed E-state index contributed by atoms with van der Waals surface area (Å²) in [6.45, 7) is 0. The van der Waals surface area contributed by atoms with E-state index in [-0.39, 0.29) is 11.8 Å². The summed E-state index contributed by atoms with van der Waals surface area (Å²) in [5.41, 5.74) is 2.13. The lowest BCUT2D eigenvalue weighted by Gasteiger charge is -2.11. The van der Waals surface area contributed by atoms with Gasteiger partial charge in [0.25, 0.3) is 0 Å². The standard InChI is InChI=1S/C11H12ClN5OS/c12-5-8(18)13-11-9(10-14-16-17-15-10)6-3-1-2-4-7(6)19-11/h1-5H2,(H,13,18)(H,14,15,16,17). The number of rotatable bonds is 3. The predicted octanol–water partition coefficient (Wildman–Crippen LogP) is 1.98. The van der Waals surface area contributed by atoms with Crippen LogP contribution in [-0.4, -0.2) is 32.4 Å². The molecule has 0 aliphatic heterocycles. The van der Waals surface area contributed by atoms with Gasteiger partial charge in [-0.15, -0.1) is 33.1 Å². The van der Waals surface area contributed by atoms with E-state index in [2.05, 4.69) is 25.9 Å². The second-order valence-electron chi connectivity index (χ2n) is 4.33. The number of alkyl halides is 1. The number of fused-ring (bicyclic) bond motifs is 1. The number of nitrogens with one attached hydrogen (secondary N) is 2. The summed E-state index contributed by atoms with van der Waals surface area (Å²) in [6, 6.07) is 0. The van der Waals surface area contributed by atoms with E-state index in [1.165, 1.54) is 16.9 Å². The molecule has 100 valence electrons. The van der Waals surface area contributed by atoms with Crippen LogP contribution in [0, 0.1) is 0 Å². The van der Waals surface area contributed by atoms with Crippen LogP contribution in [0.3, 0.4) is 0 Å². The normalized spacial score (nSPS) is 14.2. The summed E-state index contributed by atoms with van der Waals surface area (Å²) in [7, 11) is 0. The molecule has 2 aromatic heterocycles. The van der Waals surface area contributed by atoms with E-state index in [0.29, 0.717) is 5.82 Å². The van der Waals surface area contributed by atoms with Gasteiger partial charge in [-0.3, -0.25) is 4.79 Å². The third-order valence-corrected chi connectivity index (χ3v) is 4.56. The zero-order valence-electron chi connectivity index (χ0n) is 10.1. The highest BCUT2D eigenvalue weighted by Crippen LogP contribution is 2.42. The van der Waals surface area contributed by atoms with E-state index >= 15 is 0 Å². The zero-order valence-corrected chi connectivity index (χ0v) is 11.6. The summed E-state index contributed by atoms with van der Waals surface area (Å²) in [5.74, 6) is 0.253. The van der Waals surface area contributed by atoms with Crippen LogP contribution in [0.25, 0.3) is 11.4 Å². The van der Waals surface area contributed by atoms with Crippen molar-refractivity contribution in [3.05, 3.63) is 10.4 Å². The lowest BCUT2D eigenvalue weighted by Crippen LogP contribution is -2.12. The van der Waals surface area contributed by atoms with Crippen LogP contribution in [0.5, 0.6) is 0 Å². The molecule has 6 nitrogen and oxygen atoms in total. The molecule has 0 spiro atoms. The fourth-order valence-electron chi connectivity index (χ4n) is 2.32. The monoisotopic (exact) mass is 297 g/mol. The Morgan fingerprint density at radius 2 is 2.26 bits per heavy atom. The number of carbonyl (C=O) groups is 1. The van der Waals surface area contributed by atoms with Crippen LogP contribution in [0.4, 0.5) is 5.00 Å². The van der Waals surface area contributed by atoms with E-state index < -0.39 is 0 Å². The number of H-pyrrole nitrogens is 1. The van der Waals surface area contributed by atoms with Crippen molar-refractivity contribution in [2.45, 2.75) is 25.7 Å². The molecule has 0 saturated heterocycles. The SMILES string of the molecule is O=C(CCl)Nc1sc2c(c1-c1nn[nH]n1)CCCC2. The Kier molecular flexibility index (Phi) is 3.48. The van der Waals surface area contributed by atoms with Gasteiger partial charge < -0.3 is 5.32 Å². The molecule has 2 aromatic rings. The van der Waals surface area contributed by atoms with Gasteiger partial charge in [-0.05, 0) is 36.5 Å². The highest BCUT2D eigenvalue weighted by atomic mass is 35.5. The number of thiophene rings is 1. The third-order valence-electron chi connectivity index (χ3n) is 3.11. The van der Waals surface area contributed by atoms with Gasteiger partial charge >= 0.3 is 0 Å². The molecule has 8 heteroatoms. The Morgan fingerprint density at radius 1 is 1.42 bits per heavy atom. The first-order chi connectivity index (χ1) is 9.29. The maximum atomic E-state index is 11.5. The van der Waals surface area contributed by atoms with Gasteiger partial charge in [-0.2, -0.15) is 5.21 Å². The number of carbonyl (C=O) groups excluding carboxylic acids is 1. The first-order valence-corrected chi connectivity index (χ1v) is 7.39. The lowest BCUT2D eigenvalue weighted by molar-refractivity contribution is -0.113. The fraction of sp³-hybridized carbons (Fsp3) is 0.455.